The van der Waals surface area contributed by atoms with Gasteiger partial charge in [-0.05, 0) is 48.7 Å². The van der Waals surface area contributed by atoms with Crippen LogP contribution in [0.3, 0.4) is 0 Å². The number of anilines is 1. The van der Waals surface area contributed by atoms with E-state index in [4.69, 9.17) is 27.7 Å². The highest BCUT2D eigenvalue weighted by Crippen LogP contribution is 2.59. The van der Waals surface area contributed by atoms with Crippen LogP contribution in [-0.2, 0) is 9.09 Å². The number of aliphatic hydroxyl groups is 1. The third-order valence-electron chi connectivity index (χ3n) is 4.28. The molecule has 0 saturated heterocycles. The lowest BCUT2D eigenvalue weighted by atomic mass is 10.2. The molecule has 0 aromatic heterocycles. The quantitative estimate of drug-likeness (QED) is 0.545. The van der Waals surface area contributed by atoms with Gasteiger partial charge in [-0.15, -0.1) is 0 Å². The molecule has 0 fully saturated rings. The van der Waals surface area contributed by atoms with Crippen molar-refractivity contribution in [3.8, 4) is 0 Å². The largest absolute Gasteiger partial charge is 0.378 e. The zero-order valence-corrected chi connectivity index (χ0v) is 18.4. The van der Waals surface area contributed by atoms with Gasteiger partial charge in [0.2, 0.25) is 0 Å². The van der Waals surface area contributed by atoms with E-state index in [1.807, 2.05) is 31.1 Å². The summed E-state index contributed by atoms with van der Waals surface area (Å²) in [5.41, 5.74) is 1.18. The highest BCUT2D eigenvalue weighted by atomic mass is 35.5. The molecule has 0 saturated carbocycles. The molecule has 2 rings (SSSR count). The molecular weight excluding hydrogens is 404 g/mol. The highest BCUT2D eigenvalue weighted by molar-refractivity contribution is 7.67. The van der Waals surface area contributed by atoms with E-state index in [0.29, 0.717) is 11.2 Å². The van der Waals surface area contributed by atoms with Crippen molar-refractivity contribution in [2.75, 3.05) is 25.6 Å². The van der Waals surface area contributed by atoms with Crippen molar-refractivity contribution in [3.05, 3.63) is 58.1 Å². The first-order chi connectivity index (χ1) is 12.7. The van der Waals surface area contributed by atoms with Gasteiger partial charge in [0.25, 0.3) is 7.37 Å². The Kier molecular flexibility index (Phi) is 7.79. The Labute approximate surface area is 171 Å². The number of nitrogens with zero attached hydrogens (tertiary/aromatic N) is 1. The summed E-state index contributed by atoms with van der Waals surface area (Å²) in [6.07, 6.45) is 0.725. The summed E-state index contributed by atoms with van der Waals surface area (Å²) in [4.78, 5) is 1.94. The molecule has 0 radical (unpaired) electrons. The summed E-state index contributed by atoms with van der Waals surface area (Å²) in [5.74, 6) is -1.06. The first kappa shape index (κ1) is 22.3. The van der Waals surface area contributed by atoms with Crippen LogP contribution in [0.1, 0.15) is 31.7 Å². The highest BCUT2D eigenvalue weighted by Gasteiger charge is 2.38. The minimum Gasteiger partial charge on any atom is -0.378 e. The third kappa shape index (κ3) is 5.28. The molecule has 27 heavy (non-hydrogen) atoms. The average Bonchev–Trinajstić information content (AvgIpc) is 2.61. The molecule has 2 aromatic rings. The van der Waals surface area contributed by atoms with E-state index < -0.39 is 13.2 Å². The molecule has 2 aromatic carbocycles. The van der Waals surface area contributed by atoms with E-state index in [1.54, 1.807) is 30.3 Å². The fourth-order valence-corrected chi connectivity index (χ4v) is 5.48. The standard InChI is InChI=1S/C20H26Cl2NO3P/c1-14(2)12-13-26-27(25,16-10-8-15(9-11-16)23(3)4)20(24)19-17(21)6-5-7-18(19)22/h5-11,14,20,24H,12-13H2,1-4H3/t20-,27+/m1/s1. The molecule has 7 heteroatoms. The summed E-state index contributed by atoms with van der Waals surface area (Å²) in [5, 5.41) is 12.0. The number of hydrogen-bond acceptors (Lipinski definition) is 4. The number of aliphatic hydroxyl groups excluding tert-OH is 1. The molecule has 0 heterocycles. The number of rotatable bonds is 8. The van der Waals surface area contributed by atoms with Gasteiger partial charge in [0, 0.05) is 40.7 Å². The molecule has 0 aliphatic carbocycles. The fraction of sp³-hybridized carbons (Fsp3) is 0.400. The molecule has 4 nitrogen and oxygen atoms in total. The van der Waals surface area contributed by atoms with Crippen LogP contribution in [0.25, 0.3) is 0 Å². The summed E-state index contributed by atoms with van der Waals surface area (Å²) in [7, 11) is 0.169. The van der Waals surface area contributed by atoms with E-state index in [2.05, 4.69) is 13.8 Å². The van der Waals surface area contributed by atoms with Crippen LogP contribution in [0, 0.1) is 5.92 Å². The Morgan fingerprint density at radius 1 is 1.07 bits per heavy atom. The lowest BCUT2D eigenvalue weighted by molar-refractivity contribution is 0.209. The lowest BCUT2D eigenvalue weighted by Gasteiger charge is -2.26. The maximum Gasteiger partial charge on any atom is 0.264 e. The van der Waals surface area contributed by atoms with Gasteiger partial charge in [0.05, 0.1) is 6.61 Å². The number of hydrogen-bond donors (Lipinski definition) is 1. The van der Waals surface area contributed by atoms with Gasteiger partial charge in [0.1, 0.15) is 0 Å². The summed E-state index contributed by atoms with van der Waals surface area (Å²) >= 11 is 12.5. The molecule has 148 valence electrons. The van der Waals surface area contributed by atoms with Crippen molar-refractivity contribution < 1.29 is 14.2 Å². The van der Waals surface area contributed by atoms with Crippen LogP contribution in [-0.4, -0.2) is 25.8 Å². The fourth-order valence-electron chi connectivity index (χ4n) is 2.60. The predicted molar refractivity (Wildman–Crippen MR) is 115 cm³/mol. The first-order valence-electron chi connectivity index (χ1n) is 8.81. The molecule has 0 unspecified atom stereocenters. The van der Waals surface area contributed by atoms with Gasteiger partial charge in [-0.25, -0.2) is 0 Å². The first-order valence-corrected chi connectivity index (χ1v) is 11.3. The number of benzene rings is 2. The molecule has 0 aliphatic heterocycles. The van der Waals surface area contributed by atoms with E-state index in [-0.39, 0.29) is 22.2 Å². The second-order valence-corrected chi connectivity index (χ2v) is 10.3. The average molecular weight is 430 g/mol. The van der Waals surface area contributed by atoms with E-state index in [1.165, 1.54) is 0 Å². The summed E-state index contributed by atoms with van der Waals surface area (Å²) < 4.78 is 19.7. The smallest absolute Gasteiger partial charge is 0.264 e. The van der Waals surface area contributed by atoms with Gasteiger partial charge in [-0.2, -0.15) is 0 Å². The Morgan fingerprint density at radius 3 is 2.11 bits per heavy atom. The number of halogens is 2. The molecule has 0 amide bonds. The normalized spacial score (nSPS) is 14.8. The van der Waals surface area contributed by atoms with Crippen LogP contribution >= 0.6 is 30.6 Å². The van der Waals surface area contributed by atoms with Gasteiger partial charge < -0.3 is 14.5 Å². The van der Waals surface area contributed by atoms with Crippen molar-refractivity contribution in [2.24, 2.45) is 5.92 Å². The van der Waals surface area contributed by atoms with Crippen LogP contribution in [0.15, 0.2) is 42.5 Å². The minimum atomic E-state index is -3.68. The molecule has 0 bridgehead atoms. The van der Waals surface area contributed by atoms with Crippen molar-refractivity contribution in [2.45, 2.75) is 26.1 Å². The van der Waals surface area contributed by atoms with Crippen molar-refractivity contribution in [1.29, 1.82) is 0 Å². The Bertz CT molecular complexity index is 789. The van der Waals surface area contributed by atoms with Crippen molar-refractivity contribution >= 4 is 41.6 Å². The van der Waals surface area contributed by atoms with E-state index in [0.717, 1.165) is 12.1 Å². The van der Waals surface area contributed by atoms with Crippen molar-refractivity contribution in [1.82, 2.24) is 0 Å². The maximum absolute atomic E-state index is 13.9. The van der Waals surface area contributed by atoms with Gasteiger partial charge >= 0.3 is 0 Å². The van der Waals surface area contributed by atoms with E-state index in [9.17, 15) is 9.67 Å². The molecule has 0 spiro atoms. The molecule has 0 aliphatic rings. The van der Waals surface area contributed by atoms with Crippen LogP contribution in [0.5, 0.6) is 0 Å². The van der Waals surface area contributed by atoms with Gasteiger partial charge in [-0.1, -0.05) is 43.1 Å². The van der Waals surface area contributed by atoms with Crippen molar-refractivity contribution in [3.63, 3.8) is 0 Å². The molecule has 2 atom stereocenters. The van der Waals surface area contributed by atoms with Crippen LogP contribution in [0.4, 0.5) is 5.69 Å². The van der Waals surface area contributed by atoms with Crippen LogP contribution in [0.2, 0.25) is 10.0 Å². The van der Waals surface area contributed by atoms with Gasteiger partial charge in [-0.3, -0.25) is 4.57 Å². The Morgan fingerprint density at radius 2 is 1.63 bits per heavy atom. The third-order valence-corrected chi connectivity index (χ3v) is 7.43. The molecular formula is C20H26Cl2NO3P. The summed E-state index contributed by atoms with van der Waals surface area (Å²) in [6, 6.07) is 12.0. The maximum atomic E-state index is 13.9. The van der Waals surface area contributed by atoms with E-state index >= 15 is 0 Å². The predicted octanol–water partition coefficient (Wildman–Crippen LogP) is 5.72. The summed E-state index contributed by atoms with van der Waals surface area (Å²) in [6.45, 7) is 4.38. The molecule has 1 N–H and O–H groups in total. The monoisotopic (exact) mass is 429 g/mol. The topological polar surface area (TPSA) is 49.8 Å². The Hall–Kier alpha value is -1.03. The SMILES string of the molecule is CC(C)CCO[P@@](=O)(c1ccc(N(C)C)cc1)[C@@H](O)c1c(Cl)cccc1Cl. The van der Waals surface area contributed by atoms with Crippen LogP contribution < -0.4 is 10.2 Å². The zero-order valence-electron chi connectivity index (χ0n) is 16.0. The second kappa shape index (κ2) is 9.45. The minimum absolute atomic E-state index is 0.227. The van der Waals surface area contributed by atoms with Gasteiger partial charge in [0.15, 0.2) is 5.85 Å². The zero-order chi connectivity index (χ0) is 20.2. The lowest BCUT2D eigenvalue weighted by Crippen LogP contribution is -2.17. The Balaban J connectivity index is 2.47. The second-order valence-electron chi connectivity index (χ2n) is 7.03.